The molecule has 1 fully saturated rings. The minimum atomic E-state index is -3.33. The summed E-state index contributed by atoms with van der Waals surface area (Å²) in [6.07, 6.45) is 4.12. The third kappa shape index (κ3) is 3.07. The molecule has 2 rings (SSSR count). The van der Waals surface area contributed by atoms with E-state index in [1.807, 2.05) is 19.1 Å². The molecule has 4 heteroatoms. The zero-order valence-electron chi connectivity index (χ0n) is 12.7. The molecule has 0 spiro atoms. The van der Waals surface area contributed by atoms with Gasteiger partial charge >= 0.3 is 0 Å². The smallest absolute Gasteiger partial charge is 0.207 e. The Morgan fingerprint density at radius 3 is 2.45 bits per heavy atom. The van der Waals surface area contributed by atoms with Gasteiger partial charge in [0.15, 0.2) is 0 Å². The van der Waals surface area contributed by atoms with Gasteiger partial charge in [-0.15, -0.1) is 0 Å². The number of sulfonamides is 1. The number of nitrogens with zero attached hydrogens (tertiary/aromatic N) is 1. The molecule has 0 amide bonds. The first-order valence-electron chi connectivity index (χ1n) is 7.58. The first kappa shape index (κ1) is 15.5. The molecule has 0 bridgehead atoms. The van der Waals surface area contributed by atoms with Gasteiger partial charge in [-0.2, -0.15) is 4.31 Å². The van der Waals surface area contributed by atoms with Gasteiger partial charge in [-0.3, -0.25) is 0 Å². The molecule has 1 aliphatic heterocycles. The van der Waals surface area contributed by atoms with Crippen molar-refractivity contribution < 1.29 is 8.42 Å². The topological polar surface area (TPSA) is 37.4 Å². The van der Waals surface area contributed by atoms with Crippen LogP contribution in [0.15, 0.2) is 29.2 Å². The van der Waals surface area contributed by atoms with Crippen molar-refractivity contribution in [1.82, 2.24) is 4.31 Å². The SMILES string of the molecule is CC[C@H](C)c1ccc(S(=O)(=O)N2CCCC[C@H]2C)cc1. The van der Waals surface area contributed by atoms with E-state index in [0.29, 0.717) is 17.4 Å². The fourth-order valence-corrected chi connectivity index (χ4v) is 4.47. The zero-order valence-corrected chi connectivity index (χ0v) is 13.5. The molecule has 1 aromatic carbocycles. The normalized spacial score (nSPS) is 22.6. The fourth-order valence-electron chi connectivity index (χ4n) is 2.77. The van der Waals surface area contributed by atoms with Gasteiger partial charge in [0.1, 0.15) is 0 Å². The molecule has 2 atom stereocenters. The second-order valence-corrected chi connectivity index (χ2v) is 7.73. The lowest BCUT2D eigenvalue weighted by atomic mass is 9.99. The van der Waals surface area contributed by atoms with E-state index >= 15 is 0 Å². The third-order valence-electron chi connectivity index (χ3n) is 4.41. The fraction of sp³-hybridized carbons (Fsp3) is 0.625. The third-order valence-corrected chi connectivity index (χ3v) is 6.44. The van der Waals surface area contributed by atoms with Gasteiger partial charge in [-0.25, -0.2) is 8.42 Å². The molecule has 1 heterocycles. The van der Waals surface area contributed by atoms with Crippen LogP contribution in [0.4, 0.5) is 0 Å². The van der Waals surface area contributed by atoms with Crippen LogP contribution >= 0.6 is 0 Å². The standard InChI is InChI=1S/C16H25NO2S/c1-4-13(2)15-8-10-16(11-9-15)20(18,19)17-12-6-5-7-14(17)3/h8-11,13-14H,4-7,12H2,1-3H3/t13-,14+/m0/s1. The van der Waals surface area contributed by atoms with Crippen molar-refractivity contribution in [3.63, 3.8) is 0 Å². The summed E-state index contributed by atoms with van der Waals surface area (Å²) in [4.78, 5) is 0.429. The summed E-state index contributed by atoms with van der Waals surface area (Å²) in [5, 5.41) is 0. The van der Waals surface area contributed by atoms with E-state index < -0.39 is 10.0 Å². The van der Waals surface area contributed by atoms with Crippen LogP contribution in [-0.2, 0) is 10.0 Å². The second-order valence-electron chi connectivity index (χ2n) is 5.84. The summed E-state index contributed by atoms with van der Waals surface area (Å²) in [6.45, 7) is 6.96. The lowest BCUT2D eigenvalue weighted by Gasteiger charge is -2.32. The van der Waals surface area contributed by atoms with Crippen LogP contribution < -0.4 is 0 Å². The molecule has 1 saturated heterocycles. The molecule has 0 saturated carbocycles. The molecule has 3 nitrogen and oxygen atoms in total. The van der Waals surface area contributed by atoms with E-state index in [9.17, 15) is 8.42 Å². The maximum absolute atomic E-state index is 12.7. The van der Waals surface area contributed by atoms with Crippen molar-refractivity contribution in [3.05, 3.63) is 29.8 Å². The molecule has 0 radical (unpaired) electrons. The summed E-state index contributed by atoms with van der Waals surface area (Å²) in [5.74, 6) is 0.473. The number of hydrogen-bond donors (Lipinski definition) is 0. The van der Waals surface area contributed by atoms with Gasteiger partial charge < -0.3 is 0 Å². The van der Waals surface area contributed by atoms with E-state index in [4.69, 9.17) is 0 Å². The van der Waals surface area contributed by atoms with E-state index in [1.165, 1.54) is 5.56 Å². The van der Waals surface area contributed by atoms with Crippen LogP contribution in [0.3, 0.4) is 0 Å². The van der Waals surface area contributed by atoms with Crippen LogP contribution in [0.1, 0.15) is 57.9 Å². The highest BCUT2D eigenvalue weighted by Gasteiger charge is 2.30. The highest BCUT2D eigenvalue weighted by atomic mass is 32.2. The summed E-state index contributed by atoms with van der Waals surface area (Å²) in [5.41, 5.74) is 1.21. The predicted octanol–water partition coefficient (Wildman–Crippen LogP) is 3.76. The lowest BCUT2D eigenvalue weighted by Crippen LogP contribution is -2.41. The Bertz CT molecular complexity index is 536. The van der Waals surface area contributed by atoms with Gasteiger partial charge in [-0.1, -0.05) is 32.4 Å². The zero-order chi connectivity index (χ0) is 14.8. The molecule has 0 aromatic heterocycles. The summed E-state index contributed by atoms with van der Waals surface area (Å²) < 4.78 is 27.0. The van der Waals surface area contributed by atoms with Crippen LogP contribution in [0, 0.1) is 0 Å². The largest absolute Gasteiger partial charge is 0.243 e. The summed E-state index contributed by atoms with van der Waals surface area (Å²) >= 11 is 0. The quantitative estimate of drug-likeness (QED) is 0.848. The highest BCUT2D eigenvalue weighted by molar-refractivity contribution is 7.89. The van der Waals surface area contributed by atoms with Crippen molar-refractivity contribution in [1.29, 1.82) is 0 Å². The van der Waals surface area contributed by atoms with Crippen LogP contribution in [0.5, 0.6) is 0 Å². The van der Waals surface area contributed by atoms with E-state index in [-0.39, 0.29) is 6.04 Å². The predicted molar refractivity (Wildman–Crippen MR) is 82.4 cm³/mol. The van der Waals surface area contributed by atoms with Gasteiger partial charge in [0.25, 0.3) is 0 Å². The molecule has 0 unspecified atom stereocenters. The van der Waals surface area contributed by atoms with Crippen LogP contribution in [-0.4, -0.2) is 25.3 Å². The maximum atomic E-state index is 12.7. The molecular weight excluding hydrogens is 270 g/mol. The first-order chi connectivity index (χ1) is 9.46. The number of hydrogen-bond acceptors (Lipinski definition) is 2. The maximum Gasteiger partial charge on any atom is 0.243 e. The molecule has 1 aliphatic rings. The van der Waals surface area contributed by atoms with Gasteiger partial charge in [0.05, 0.1) is 4.90 Å². The van der Waals surface area contributed by atoms with Crippen molar-refractivity contribution in [3.8, 4) is 0 Å². The Kier molecular flexibility index (Phi) is 4.86. The number of benzene rings is 1. The minimum absolute atomic E-state index is 0.114. The van der Waals surface area contributed by atoms with Crippen molar-refractivity contribution in [2.24, 2.45) is 0 Å². The number of rotatable bonds is 4. The monoisotopic (exact) mass is 295 g/mol. The van der Waals surface area contributed by atoms with Crippen molar-refractivity contribution >= 4 is 10.0 Å². The summed E-state index contributed by atoms with van der Waals surface area (Å²) in [7, 11) is -3.33. The van der Waals surface area contributed by atoms with Crippen LogP contribution in [0.2, 0.25) is 0 Å². The van der Waals surface area contributed by atoms with Crippen molar-refractivity contribution in [2.75, 3.05) is 6.54 Å². The van der Waals surface area contributed by atoms with Crippen LogP contribution in [0.25, 0.3) is 0 Å². The van der Waals surface area contributed by atoms with Gasteiger partial charge in [-0.05, 0) is 49.8 Å². The number of piperidine rings is 1. The molecule has 0 aliphatic carbocycles. The Morgan fingerprint density at radius 2 is 1.90 bits per heavy atom. The Balaban J connectivity index is 2.25. The van der Waals surface area contributed by atoms with E-state index in [0.717, 1.165) is 25.7 Å². The minimum Gasteiger partial charge on any atom is -0.207 e. The molecule has 0 N–H and O–H groups in total. The van der Waals surface area contributed by atoms with E-state index in [2.05, 4.69) is 13.8 Å². The molecular formula is C16H25NO2S. The molecule has 1 aromatic rings. The highest BCUT2D eigenvalue weighted by Crippen LogP contribution is 2.26. The Labute approximate surface area is 123 Å². The average molecular weight is 295 g/mol. The lowest BCUT2D eigenvalue weighted by molar-refractivity contribution is 0.268. The van der Waals surface area contributed by atoms with Gasteiger partial charge in [0.2, 0.25) is 10.0 Å². The molecule has 20 heavy (non-hydrogen) atoms. The Hall–Kier alpha value is -0.870. The average Bonchev–Trinajstić information content (AvgIpc) is 2.47. The Morgan fingerprint density at radius 1 is 1.25 bits per heavy atom. The molecule has 112 valence electrons. The first-order valence-corrected chi connectivity index (χ1v) is 9.02. The second kappa shape index (κ2) is 6.27. The summed E-state index contributed by atoms with van der Waals surface area (Å²) in [6, 6.07) is 7.55. The van der Waals surface area contributed by atoms with Gasteiger partial charge in [0, 0.05) is 12.6 Å². The van der Waals surface area contributed by atoms with E-state index in [1.54, 1.807) is 16.4 Å². The van der Waals surface area contributed by atoms with Crippen molar-refractivity contribution in [2.45, 2.75) is 63.3 Å².